The van der Waals surface area contributed by atoms with Crippen LogP contribution in [0.5, 0.6) is 5.75 Å². The maximum atomic E-state index is 5.85. The van der Waals surface area contributed by atoms with E-state index in [1.165, 1.54) is 6.33 Å². The van der Waals surface area contributed by atoms with Gasteiger partial charge < -0.3 is 15.0 Å². The monoisotopic (exact) mass is 269 g/mol. The van der Waals surface area contributed by atoms with Crippen molar-refractivity contribution in [1.29, 1.82) is 0 Å². The number of aromatic nitrogens is 4. The SMILES string of the molecule is COc1ccc(-c2nc(-c3ccncn3)no2)cc1N. The third kappa shape index (κ3) is 2.16. The van der Waals surface area contributed by atoms with Crippen molar-refractivity contribution in [3.63, 3.8) is 0 Å². The van der Waals surface area contributed by atoms with E-state index >= 15 is 0 Å². The molecule has 2 aromatic heterocycles. The Morgan fingerprint density at radius 2 is 2.15 bits per heavy atom. The van der Waals surface area contributed by atoms with Crippen LogP contribution in [0.4, 0.5) is 5.69 Å². The molecule has 0 saturated carbocycles. The van der Waals surface area contributed by atoms with Crippen LogP contribution in [0.25, 0.3) is 23.0 Å². The standard InChI is InChI=1S/C13H11N5O2/c1-19-11-3-2-8(6-9(11)14)13-17-12(18-20-13)10-4-5-15-7-16-10/h2-7H,14H2,1H3. The van der Waals surface area contributed by atoms with Gasteiger partial charge in [-0.25, -0.2) is 9.97 Å². The Balaban J connectivity index is 1.96. The average Bonchev–Trinajstić information content (AvgIpc) is 2.98. The molecule has 0 aliphatic carbocycles. The number of methoxy groups -OCH3 is 1. The molecule has 0 radical (unpaired) electrons. The summed E-state index contributed by atoms with van der Waals surface area (Å²) in [7, 11) is 1.56. The molecule has 100 valence electrons. The molecule has 2 heterocycles. The van der Waals surface area contributed by atoms with Crippen LogP contribution in [0.3, 0.4) is 0 Å². The number of ether oxygens (including phenoxy) is 1. The predicted octanol–water partition coefficient (Wildman–Crippen LogP) is 1.78. The van der Waals surface area contributed by atoms with Gasteiger partial charge in [-0.15, -0.1) is 0 Å². The van der Waals surface area contributed by atoms with E-state index < -0.39 is 0 Å². The molecule has 2 N–H and O–H groups in total. The maximum absolute atomic E-state index is 5.85. The fourth-order valence-electron chi connectivity index (χ4n) is 1.74. The highest BCUT2D eigenvalue weighted by Gasteiger charge is 2.12. The van der Waals surface area contributed by atoms with Gasteiger partial charge in [0, 0.05) is 11.8 Å². The quantitative estimate of drug-likeness (QED) is 0.723. The van der Waals surface area contributed by atoms with Crippen molar-refractivity contribution in [2.24, 2.45) is 0 Å². The molecule has 0 aliphatic rings. The molecule has 0 amide bonds. The largest absolute Gasteiger partial charge is 0.495 e. The second kappa shape index (κ2) is 4.96. The number of benzene rings is 1. The van der Waals surface area contributed by atoms with E-state index in [0.29, 0.717) is 28.8 Å². The molecule has 0 unspecified atom stereocenters. The Kier molecular flexibility index (Phi) is 3.00. The van der Waals surface area contributed by atoms with Crippen molar-refractivity contribution in [2.45, 2.75) is 0 Å². The second-order valence-electron chi connectivity index (χ2n) is 3.97. The zero-order valence-electron chi connectivity index (χ0n) is 10.6. The highest BCUT2D eigenvalue weighted by atomic mass is 16.5. The second-order valence-corrected chi connectivity index (χ2v) is 3.97. The van der Waals surface area contributed by atoms with Crippen molar-refractivity contribution in [1.82, 2.24) is 20.1 Å². The van der Waals surface area contributed by atoms with Crippen molar-refractivity contribution in [3.8, 4) is 28.7 Å². The summed E-state index contributed by atoms with van der Waals surface area (Å²) in [5, 5.41) is 3.89. The van der Waals surface area contributed by atoms with Crippen molar-refractivity contribution in [3.05, 3.63) is 36.8 Å². The van der Waals surface area contributed by atoms with Gasteiger partial charge in [-0.3, -0.25) is 0 Å². The van der Waals surface area contributed by atoms with Gasteiger partial charge in [0.15, 0.2) is 0 Å². The van der Waals surface area contributed by atoms with Gasteiger partial charge >= 0.3 is 0 Å². The number of hydrogen-bond donors (Lipinski definition) is 1. The van der Waals surface area contributed by atoms with E-state index in [4.69, 9.17) is 15.0 Å². The number of nitrogens with zero attached hydrogens (tertiary/aromatic N) is 4. The highest BCUT2D eigenvalue weighted by Crippen LogP contribution is 2.28. The van der Waals surface area contributed by atoms with Gasteiger partial charge in [-0.05, 0) is 24.3 Å². The Labute approximate surface area is 114 Å². The van der Waals surface area contributed by atoms with E-state index in [0.717, 1.165) is 5.56 Å². The van der Waals surface area contributed by atoms with E-state index in [9.17, 15) is 0 Å². The Morgan fingerprint density at radius 3 is 2.85 bits per heavy atom. The number of hydrogen-bond acceptors (Lipinski definition) is 7. The van der Waals surface area contributed by atoms with Gasteiger partial charge in [0.2, 0.25) is 5.82 Å². The molecule has 7 heteroatoms. The van der Waals surface area contributed by atoms with Crippen LogP contribution < -0.4 is 10.5 Å². The van der Waals surface area contributed by atoms with Crippen molar-refractivity contribution in [2.75, 3.05) is 12.8 Å². The van der Waals surface area contributed by atoms with E-state index in [-0.39, 0.29) is 0 Å². The molecule has 3 rings (SSSR count). The normalized spacial score (nSPS) is 10.4. The summed E-state index contributed by atoms with van der Waals surface area (Å²) in [6.07, 6.45) is 3.04. The first kappa shape index (κ1) is 12.1. The average molecular weight is 269 g/mol. The summed E-state index contributed by atoms with van der Waals surface area (Å²) >= 11 is 0. The van der Waals surface area contributed by atoms with E-state index in [1.54, 1.807) is 37.6 Å². The molecule has 0 spiro atoms. The number of nitrogens with two attached hydrogens (primary N) is 1. The van der Waals surface area contributed by atoms with Gasteiger partial charge in [-0.1, -0.05) is 5.16 Å². The number of anilines is 1. The Bertz CT molecular complexity index is 727. The summed E-state index contributed by atoms with van der Waals surface area (Å²) in [6, 6.07) is 6.97. The van der Waals surface area contributed by atoms with Crippen LogP contribution in [0.15, 0.2) is 41.3 Å². The van der Waals surface area contributed by atoms with E-state index in [2.05, 4.69) is 20.1 Å². The van der Waals surface area contributed by atoms with Gasteiger partial charge in [-0.2, -0.15) is 4.98 Å². The van der Waals surface area contributed by atoms with Crippen LogP contribution in [-0.4, -0.2) is 27.2 Å². The molecule has 3 aromatic rings. The Hall–Kier alpha value is -2.96. The van der Waals surface area contributed by atoms with Gasteiger partial charge in [0.05, 0.1) is 12.8 Å². The van der Waals surface area contributed by atoms with Crippen molar-refractivity contribution < 1.29 is 9.26 Å². The lowest BCUT2D eigenvalue weighted by Crippen LogP contribution is -1.92. The molecule has 0 fully saturated rings. The molecule has 0 aliphatic heterocycles. The van der Waals surface area contributed by atoms with Gasteiger partial charge in [0.1, 0.15) is 17.8 Å². The summed E-state index contributed by atoms with van der Waals surface area (Å²) in [4.78, 5) is 12.2. The first-order valence-electron chi connectivity index (χ1n) is 5.82. The van der Waals surface area contributed by atoms with Crippen LogP contribution in [0.1, 0.15) is 0 Å². The first-order chi connectivity index (χ1) is 9.78. The molecule has 20 heavy (non-hydrogen) atoms. The molecule has 0 atom stereocenters. The summed E-state index contributed by atoms with van der Waals surface area (Å²) in [5.74, 6) is 1.37. The molecular weight excluding hydrogens is 258 g/mol. The molecule has 1 aromatic carbocycles. The minimum absolute atomic E-state index is 0.368. The molecular formula is C13H11N5O2. The third-order valence-corrected chi connectivity index (χ3v) is 2.71. The topological polar surface area (TPSA) is 100.0 Å². The summed E-state index contributed by atoms with van der Waals surface area (Å²) < 4.78 is 10.3. The fraction of sp³-hybridized carbons (Fsp3) is 0.0769. The van der Waals surface area contributed by atoms with Crippen LogP contribution >= 0.6 is 0 Å². The van der Waals surface area contributed by atoms with Crippen LogP contribution in [0.2, 0.25) is 0 Å². The molecule has 0 bridgehead atoms. The first-order valence-corrected chi connectivity index (χ1v) is 5.82. The zero-order chi connectivity index (χ0) is 13.9. The lowest BCUT2D eigenvalue weighted by atomic mass is 10.2. The lowest BCUT2D eigenvalue weighted by molar-refractivity contribution is 0.416. The molecule has 0 saturated heterocycles. The van der Waals surface area contributed by atoms with Crippen LogP contribution in [-0.2, 0) is 0 Å². The summed E-state index contributed by atoms with van der Waals surface area (Å²) in [6.45, 7) is 0. The fourth-order valence-corrected chi connectivity index (χ4v) is 1.74. The van der Waals surface area contributed by atoms with Crippen molar-refractivity contribution >= 4 is 5.69 Å². The maximum Gasteiger partial charge on any atom is 0.258 e. The number of rotatable bonds is 3. The number of nitrogen functional groups attached to an aromatic ring is 1. The minimum Gasteiger partial charge on any atom is -0.495 e. The Morgan fingerprint density at radius 1 is 1.25 bits per heavy atom. The smallest absolute Gasteiger partial charge is 0.258 e. The summed E-state index contributed by atoms with van der Waals surface area (Å²) in [5.41, 5.74) is 7.67. The highest BCUT2D eigenvalue weighted by molar-refractivity contribution is 5.66. The molecule has 7 nitrogen and oxygen atoms in total. The lowest BCUT2D eigenvalue weighted by Gasteiger charge is -2.04. The minimum atomic E-state index is 0.368. The predicted molar refractivity (Wildman–Crippen MR) is 71.7 cm³/mol. The zero-order valence-corrected chi connectivity index (χ0v) is 10.6. The van der Waals surface area contributed by atoms with E-state index in [1.807, 2.05) is 0 Å². The van der Waals surface area contributed by atoms with Gasteiger partial charge in [0.25, 0.3) is 5.89 Å². The third-order valence-electron chi connectivity index (χ3n) is 2.71. The van der Waals surface area contributed by atoms with Crippen LogP contribution in [0, 0.1) is 0 Å².